The summed E-state index contributed by atoms with van der Waals surface area (Å²) in [7, 11) is 0. The molecule has 2 aliphatic heterocycles. The number of amides is 1. The van der Waals surface area contributed by atoms with Gasteiger partial charge < -0.3 is 14.2 Å². The van der Waals surface area contributed by atoms with Crippen molar-refractivity contribution in [3.63, 3.8) is 0 Å². The van der Waals surface area contributed by atoms with Crippen molar-refractivity contribution in [1.82, 2.24) is 20.0 Å². The van der Waals surface area contributed by atoms with Crippen LogP contribution in [0.2, 0.25) is 0 Å². The molecule has 2 aromatic heterocycles. The van der Waals surface area contributed by atoms with Gasteiger partial charge in [-0.15, -0.1) is 0 Å². The van der Waals surface area contributed by atoms with E-state index in [9.17, 15) is 4.79 Å². The van der Waals surface area contributed by atoms with Gasteiger partial charge in [0.25, 0.3) is 5.89 Å². The summed E-state index contributed by atoms with van der Waals surface area (Å²) in [5.41, 5.74) is 0.681. The number of rotatable bonds is 5. The number of pyridine rings is 1. The summed E-state index contributed by atoms with van der Waals surface area (Å²) in [6, 6.07) is 3.76. The maximum atomic E-state index is 13.2. The van der Waals surface area contributed by atoms with Crippen LogP contribution in [0.1, 0.15) is 50.8 Å². The Labute approximate surface area is 170 Å². The number of ether oxygens (including phenoxy) is 1. The normalized spacial score (nSPS) is 25.9. The van der Waals surface area contributed by atoms with Crippen LogP contribution < -0.4 is 0 Å². The van der Waals surface area contributed by atoms with Gasteiger partial charge in [-0.1, -0.05) is 18.0 Å². The first-order valence-electron chi connectivity index (χ1n) is 10.8. The Kier molecular flexibility index (Phi) is 5.08. The molecule has 1 atom stereocenters. The van der Waals surface area contributed by atoms with Crippen molar-refractivity contribution in [3.05, 3.63) is 30.4 Å². The number of nitrogens with zero attached hydrogens (tertiary/aromatic N) is 4. The fraction of sp³-hybridized carbons (Fsp3) is 0.636. The number of likely N-dealkylation sites (tertiary alicyclic amines) is 1. The second kappa shape index (κ2) is 7.86. The van der Waals surface area contributed by atoms with Crippen LogP contribution >= 0.6 is 0 Å². The van der Waals surface area contributed by atoms with E-state index in [4.69, 9.17) is 14.2 Å². The molecule has 0 bridgehead atoms. The number of carbonyl (C=O) groups excluding carboxylic acids is 1. The van der Waals surface area contributed by atoms with Gasteiger partial charge in [-0.05, 0) is 50.2 Å². The minimum absolute atomic E-state index is 0.0955. The highest BCUT2D eigenvalue weighted by atomic mass is 16.5. The summed E-state index contributed by atoms with van der Waals surface area (Å²) in [5.74, 6) is 2.39. The summed E-state index contributed by atoms with van der Waals surface area (Å²) >= 11 is 0. The molecule has 1 unspecified atom stereocenters. The number of hydrogen-bond donors (Lipinski definition) is 0. The average molecular weight is 396 g/mol. The quantitative estimate of drug-likeness (QED) is 0.772. The number of carbonyl (C=O) groups is 1. The zero-order valence-corrected chi connectivity index (χ0v) is 16.8. The fourth-order valence-corrected chi connectivity index (χ4v) is 4.89. The molecule has 0 N–H and O–H groups in total. The molecule has 3 fully saturated rings. The predicted octanol–water partition coefficient (Wildman–Crippen LogP) is 3.22. The Morgan fingerprint density at radius 3 is 2.72 bits per heavy atom. The monoisotopic (exact) mass is 396 g/mol. The Hall–Kier alpha value is -2.28. The van der Waals surface area contributed by atoms with Crippen molar-refractivity contribution < 1.29 is 14.1 Å². The smallest absolute Gasteiger partial charge is 0.258 e. The first-order chi connectivity index (χ1) is 14.2. The second-order valence-corrected chi connectivity index (χ2v) is 8.84. The largest absolute Gasteiger partial charge is 0.381 e. The Morgan fingerprint density at radius 1 is 1.17 bits per heavy atom. The van der Waals surface area contributed by atoms with Crippen molar-refractivity contribution in [3.8, 4) is 11.5 Å². The second-order valence-electron chi connectivity index (χ2n) is 8.84. The molecular formula is C22H28N4O3. The lowest BCUT2D eigenvalue weighted by Crippen LogP contribution is -2.51. The molecule has 1 aliphatic carbocycles. The molecule has 0 spiro atoms. The topological polar surface area (TPSA) is 81.4 Å². The molecule has 0 radical (unpaired) electrons. The number of hydrogen-bond acceptors (Lipinski definition) is 6. The third-order valence-electron chi connectivity index (χ3n) is 6.66. The van der Waals surface area contributed by atoms with Gasteiger partial charge in [-0.2, -0.15) is 4.98 Å². The van der Waals surface area contributed by atoms with Gasteiger partial charge in [0.2, 0.25) is 5.91 Å². The Morgan fingerprint density at radius 2 is 1.97 bits per heavy atom. The van der Waals surface area contributed by atoms with Gasteiger partial charge in [0.05, 0.1) is 5.41 Å². The minimum Gasteiger partial charge on any atom is -0.381 e. The van der Waals surface area contributed by atoms with Gasteiger partial charge in [0.15, 0.2) is 5.82 Å². The van der Waals surface area contributed by atoms with E-state index in [2.05, 4.69) is 15.0 Å². The SMILES string of the molecule is O=C(C1CCOCC1)N1CCCC(CC2CC2)(c2noc(-c3ccncc3)n2)C1. The van der Waals surface area contributed by atoms with Gasteiger partial charge in [0.1, 0.15) is 0 Å². The van der Waals surface area contributed by atoms with Crippen LogP contribution in [-0.2, 0) is 14.9 Å². The predicted molar refractivity (Wildman–Crippen MR) is 106 cm³/mol. The van der Waals surface area contributed by atoms with Gasteiger partial charge in [0, 0.05) is 50.2 Å². The van der Waals surface area contributed by atoms with Gasteiger partial charge >= 0.3 is 0 Å². The summed E-state index contributed by atoms with van der Waals surface area (Å²) in [4.78, 5) is 24.1. The fourth-order valence-electron chi connectivity index (χ4n) is 4.89. The lowest BCUT2D eigenvalue weighted by molar-refractivity contribution is -0.141. The third-order valence-corrected chi connectivity index (χ3v) is 6.66. The molecule has 1 saturated carbocycles. The Balaban J connectivity index is 1.40. The van der Waals surface area contributed by atoms with E-state index in [0.29, 0.717) is 25.6 Å². The zero-order chi connectivity index (χ0) is 19.7. The van der Waals surface area contributed by atoms with E-state index in [1.54, 1.807) is 12.4 Å². The molecule has 4 heterocycles. The van der Waals surface area contributed by atoms with E-state index < -0.39 is 0 Å². The highest BCUT2D eigenvalue weighted by Gasteiger charge is 2.46. The molecule has 3 aliphatic rings. The van der Waals surface area contributed by atoms with Crippen molar-refractivity contribution in [2.24, 2.45) is 11.8 Å². The summed E-state index contributed by atoms with van der Waals surface area (Å²) in [6.07, 6.45) is 10.7. The first-order valence-corrected chi connectivity index (χ1v) is 10.8. The maximum Gasteiger partial charge on any atom is 0.258 e. The van der Waals surface area contributed by atoms with Crippen LogP contribution in [0.5, 0.6) is 0 Å². The standard InChI is InChI=1S/C22H28N4O3/c27-20(18-6-12-28-13-7-18)26-11-1-8-22(15-26,14-16-2-3-16)21-24-19(29-25-21)17-4-9-23-10-5-17/h4-5,9-10,16,18H,1-3,6-8,11-15H2. The highest BCUT2D eigenvalue weighted by molar-refractivity contribution is 5.79. The molecule has 5 rings (SSSR count). The molecule has 2 saturated heterocycles. The first kappa shape index (κ1) is 18.7. The van der Waals surface area contributed by atoms with E-state index >= 15 is 0 Å². The minimum atomic E-state index is -0.199. The van der Waals surface area contributed by atoms with Crippen molar-refractivity contribution in [2.45, 2.75) is 50.4 Å². The molecular weight excluding hydrogens is 368 g/mol. The van der Waals surface area contributed by atoms with Gasteiger partial charge in [-0.3, -0.25) is 9.78 Å². The van der Waals surface area contributed by atoms with E-state index in [0.717, 1.165) is 56.0 Å². The number of piperidine rings is 1. The van der Waals surface area contributed by atoms with Crippen LogP contribution in [-0.4, -0.2) is 52.2 Å². The lowest BCUT2D eigenvalue weighted by Gasteiger charge is -2.42. The van der Waals surface area contributed by atoms with Crippen LogP contribution in [0.15, 0.2) is 29.0 Å². The maximum absolute atomic E-state index is 13.2. The third kappa shape index (κ3) is 3.92. The van der Waals surface area contributed by atoms with E-state index in [1.807, 2.05) is 12.1 Å². The molecule has 2 aromatic rings. The number of aromatic nitrogens is 3. The molecule has 7 nitrogen and oxygen atoms in total. The highest BCUT2D eigenvalue weighted by Crippen LogP contribution is 2.46. The van der Waals surface area contributed by atoms with E-state index in [-0.39, 0.29) is 17.2 Å². The lowest BCUT2D eigenvalue weighted by atomic mass is 9.74. The summed E-state index contributed by atoms with van der Waals surface area (Å²) in [5, 5.41) is 4.41. The summed E-state index contributed by atoms with van der Waals surface area (Å²) < 4.78 is 11.1. The molecule has 7 heteroatoms. The molecule has 0 aromatic carbocycles. The van der Waals surface area contributed by atoms with Crippen LogP contribution in [0.4, 0.5) is 0 Å². The van der Waals surface area contributed by atoms with Crippen LogP contribution in [0, 0.1) is 11.8 Å². The Bertz CT molecular complexity index is 845. The summed E-state index contributed by atoms with van der Waals surface area (Å²) in [6.45, 7) is 2.92. The van der Waals surface area contributed by atoms with E-state index in [1.165, 1.54) is 12.8 Å². The average Bonchev–Trinajstić information content (AvgIpc) is 3.44. The van der Waals surface area contributed by atoms with Crippen LogP contribution in [0.3, 0.4) is 0 Å². The molecule has 1 amide bonds. The van der Waals surface area contributed by atoms with Crippen LogP contribution in [0.25, 0.3) is 11.5 Å². The molecule has 154 valence electrons. The van der Waals surface area contributed by atoms with Gasteiger partial charge in [-0.25, -0.2) is 0 Å². The van der Waals surface area contributed by atoms with Crippen molar-refractivity contribution in [1.29, 1.82) is 0 Å². The zero-order valence-electron chi connectivity index (χ0n) is 16.8. The van der Waals surface area contributed by atoms with Crippen molar-refractivity contribution in [2.75, 3.05) is 26.3 Å². The molecule has 29 heavy (non-hydrogen) atoms. The van der Waals surface area contributed by atoms with Crippen molar-refractivity contribution >= 4 is 5.91 Å².